The molecule has 1 nitrogen and oxygen atoms in total. The Kier molecular flexibility index (Phi) is 4.02. The molecule has 0 spiro atoms. The number of hydrogen-bond acceptors (Lipinski definition) is 2. The third-order valence-corrected chi connectivity index (χ3v) is 4.81. The van der Waals surface area contributed by atoms with Crippen molar-refractivity contribution in [1.82, 2.24) is 0 Å². The fraction of sp³-hybridized carbons (Fsp3) is 0.692. The first kappa shape index (κ1) is 13.9. The Balaban J connectivity index is 2.07. The van der Waals surface area contributed by atoms with Gasteiger partial charge in [0.2, 0.25) is 0 Å². The number of hydrogen-bond donors (Lipinski definition) is 1. The molecule has 2 N–H and O–H groups in total. The molecule has 1 heterocycles. The predicted molar refractivity (Wildman–Crippen MR) is 67.5 cm³/mol. The van der Waals surface area contributed by atoms with Crippen molar-refractivity contribution >= 4 is 11.3 Å². The second-order valence-corrected chi connectivity index (χ2v) is 6.24. The second-order valence-electron chi connectivity index (χ2n) is 5.12. The van der Waals surface area contributed by atoms with Gasteiger partial charge in [0.25, 0.3) is 0 Å². The molecule has 2 rings (SSSR count). The van der Waals surface area contributed by atoms with Crippen LogP contribution in [0.5, 0.6) is 0 Å². The van der Waals surface area contributed by atoms with Gasteiger partial charge in [-0.3, -0.25) is 0 Å². The molecule has 0 saturated heterocycles. The van der Waals surface area contributed by atoms with Gasteiger partial charge in [-0.05, 0) is 49.1 Å². The molecule has 1 aliphatic rings. The van der Waals surface area contributed by atoms with Crippen molar-refractivity contribution in [3.63, 3.8) is 0 Å². The van der Waals surface area contributed by atoms with Gasteiger partial charge in [0.05, 0.1) is 5.92 Å². The second kappa shape index (κ2) is 5.21. The summed E-state index contributed by atoms with van der Waals surface area (Å²) in [6.45, 7) is 1.98. The SMILES string of the molecule is Cc1sccc1C(N)C1CCCC(C(F)(F)F)C1. The highest BCUT2D eigenvalue weighted by Crippen LogP contribution is 2.43. The molecule has 0 amide bonds. The van der Waals surface area contributed by atoms with Crippen LogP contribution in [0, 0.1) is 18.8 Å². The predicted octanol–water partition coefficient (Wildman–Crippen LogP) is 4.43. The highest BCUT2D eigenvalue weighted by Gasteiger charge is 2.43. The minimum absolute atomic E-state index is 0.0429. The van der Waals surface area contributed by atoms with E-state index < -0.39 is 12.1 Å². The Bertz CT molecular complexity index is 399. The summed E-state index contributed by atoms with van der Waals surface area (Å²) < 4.78 is 38.3. The van der Waals surface area contributed by atoms with Gasteiger partial charge in [-0.1, -0.05) is 6.42 Å². The average Bonchev–Trinajstić information content (AvgIpc) is 2.73. The summed E-state index contributed by atoms with van der Waals surface area (Å²) in [7, 11) is 0. The molecule has 1 aliphatic carbocycles. The monoisotopic (exact) mass is 277 g/mol. The number of nitrogens with two attached hydrogens (primary N) is 1. The van der Waals surface area contributed by atoms with Crippen LogP contribution in [0.15, 0.2) is 11.4 Å². The van der Waals surface area contributed by atoms with Gasteiger partial charge in [-0.2, -0.15) is 13.2 Å². The summed E-state index contributed by atoms with van der Waals surface area (Å²) in [5.41, 5.74) is 7.18. The van der Waals surface area contributed by atoms with Crippen LogP contribution in [-0.4, -0.2) is 6.18 Å². The van der Waals surface area contributed by atoms with E-state index in [0.717, 1.165) is 16.9 Å². The van der Waals surface area contributed by atoms with E-state index in [-0.39, 0.29) is 24.8 Å². The largest absolute Gasteiger partial charge is 0.391 e. The molecule has 1 saturated carbocycles. The lowest BCUT2D eigenvalue weighted by molar-refractivity contribution is -0.186. The molecule has 18 heavy (non-hydrogen) atoms. The van der Waals surface area contributed by atoms with Gasteiger partial charge in [0, 0.05) is 10.9 Å². The van der Waals surface area contributed by atoms with E-state index in [1.54, 1.807) is 11.3 Å². The normalized spacial score (nSPS) is 27.2. The number of thiophene rings is 1. The third kappa shape index (κ3) is 2.88. The molecule has 1 aromatic heterocycles. The number of rotatable bonds is 2. The molecule has 0 bridgehead atoms. The maximum atomic E-state index is 12.8. The Hall–Kier alpha value is -0.550. The van der Waals surface area contributed by atoms with Crippen LogP contribution in [0.3, 0.4) is 0 Å². The van der Waals surface area contributed by atoms with Crippen molar-refractivity contribution in [1.29, 1.82) is 0 Å². The van der Waals surface area contributed by atoms with Crippen molar-refractivity contribution in [3.05, 3.63) is 21.9 Å². The molecule has 5 heteroatoms. The molecule has 3 atom stereocenters. The zero-order chi connectivity index (χ0) is 13.3. The molecule has 1 fully saturated rings. The summed E-state index contributed by atoms with van der Waals surface area (Å²) >= 11 is 1.60. The lowest BCUT2D eigenvalue weighted by Gasteiger charge is -2.33. The van der Waals surface area contributed by atoms with Crippen molar-refractivity contribution in [3.8, 4) is 0 Å². The maximum Gasteiger partial charge on any atom is 0.391 e. The molecule has 0 aliphatic heterocycles. The smallest absolute Gasteiger partial charge is 0.324 e. The van der Waals surface area contributed by atoms with E-state index in [4.69, 9.17) is 5.73 Å². The zero-order valence-electron chi connectivity index (χ0n) is 10.3. The fourth-order valence-electron chi connectivity index (χ4n) is 2.85. The van der Waals surface area contributed by atoms with Gasteiger partial charge in [-0.15, -0.1) is 11.3 Å². The van der Waals surface area contributed by atoms with Crippen LogP contribution in [0.2, 0.25) is 0 Å². The minimum Gasteiger partial charge on any atom is -0.324 e. The number of aryl methyl sites for hydroxylation is 1. The van der Waals surface area contributed by atoms with Crippen LogP contribution in [-0.2, 0) is 0 Å². The lowest BCUT2D eigenvalue weighted by atomic mass is 9.76. The summed E-state index contributed by atoms with van der Waals surface area (Å²) in [5.74, 6) is -1.21. The lowest BCUT2D eigenvalue weighted by Crippen LogP contribution is -2.33. The molecule has 0 radical (unpaired) electrons. The summed E-state index contributed by atoms with van der Waals surface area (Å²) in [6.07, 6.45) is -2.19. The molecular formula is C13H18F3NS. The Morgan fingerprint density at radius 2 is 2.11 bits per heavy atom. The minimum atomic E-state index is -4.07. The van der Waals surface area contributed by atoms with Crippen molar-refractivity contribution in [2.75, 3.05) is 0 Å². The fourth-order valence-corrected chi connectivity index (χ4v) is 3.60. The Labute approximate surface area is 109 Å². The summed E-state index contributed by atoms with van der Waals surface area (Å²) in [5, 5.41) is 1.95. The number of halogens is 3. The summed E-state index contributed by atoms with van der Waals surface area (Å²) in [4.78, 5) is 1.12. The Morgan fingerprint density at radius 3 is 2.67 bits per heavy atom. The molecule has 0 aromatic carbocycles. The van der Waals surface area contributed by atoms with E-state index in [1.807, 2.05) is 18.4 Å². The van der Waals surface area contributed by atoms with Crippen molar-refractivity contribution < 1.29 is 13.2 Å². The van der Waals surface area contributed by atoms with Gasteiger partial charge in [0.1, 0.15) is 0 Å². The topological polar surface area (TPSA) is 26.0 Å². The molecule has 3 unspecified atom stereocenters. The van der Waals surface area contributed by atoms with E-state index in [2.05, 4.69) is 0 Å². The highest BCUT2D eigenvalue weighted by molar-refractivity contribution is 7.10. The maximum absolute atomic E-state index is 12.8. The molecule has 102 valence electrons. The molecular weight excluding hydrogens is 259 g/mol. The van der Waals surface area contributed by atoms with E-state index in [9.17, 15) is 13.2 Å². The van der Waals surface area contributed by atoms with Crippen molar-refractivity contribution in [2.45, 2.75) is 44.8 Å². The standard InChI is InChI=1S/C13H18F3NS/c1-8-11(5-6-18-8)12(17)9-3-2-4-10(7-9)13(14,15)16/h5-6,9-10,12H,2-4,7,17H2,1H3. The van der Waals surface area contributed by atoms with Gasteiger partial charge in [0.15, 0.2) is 0 Å². The van der Waals surface area contributed by atoms with Crippen LogP contribution >= 0.6 is 11.3 Å². The van der Waals surface area contributed by atoms with Gasteiger partial charge in [-0.25, -0.2) is 0 Å². The average molecular weight is 277 g/mol. The number of alkyl halides is 3. The zero-order valence-corrected chi connectivity index (χ0v) is 11.2. The third-order valence-electron chi connectivity index (χ3n) is 3.94. The van der Waals surface area contributed by atoms with E-state index in [1.165, 1.54) is 0 Å². The first-order valence-corrected chi connectivity index (χ1v) is 7.14. The van der Waals surface area contributed by atoms with Crippen LogP contribution < -0.4 is 5.73 Å². The first-order valence-electron chi connectivity index (χ1n) is 6.26. The van der Waals surface area contributed by atoms with E-state index >= 15 is 0 Å². The van der Waals surface area contributed by atoms with Crippen LogP contribution in [0.4, 0.5) is 13.2 Å². The molecule has 1 aromatic rings. The van der Waals surface area contributed by atoms with Gasteiger partial charge >= 0.3 is 6.18 Å². The first-order chi connectivity index (χ1) is 8.39. The highest BCUT2D eigenvalue weighted by atomic mass is 32.1. The van der Waals surface area contributed by atoms with Crippen LogP contribution in [0.1, 0.15) is 42.2 Å². The van der Waals surface area contributed by atoms with Crippen molar-refractivity contribution in [2.24, 2.45) is 17.6 Å². The Morgan fingerprint density at radius 1 is 1.39 bits per heavy atom. The van der Waals surface area contributed by atoms with Gasteiger partial charge < -0.3 is 5.73 Å². The quantitative estimate of drug-likeness (QED) is 0.850. The van der Waals surface area contributed by atoms with Crippen LogP contribution in [0.25, 0.3) is 0 Å². The van der Waals surface area contributed by atoms with E-state index in [0.29, 0.717) is 6.42 Å². The summed E-state index contributed by atoms with van der Waals surface area (Å²) in [6, 6.07) is 1.70.